The summed E-state index contributed by atoms with van der Waals surface area (Å²) in [5.74, 6) is -0.556. The maximum absolute atomic E-state index is 12.9. The summed E-state index contributed by atoms with van der Waals surface area (Å²) in [5, 5.41) is 0. The number of benzene rings is 2. The molecule has 2 fully saturated rings. The second-order valence-electron chi connectivity index (χ2n) is 8.36. The molecule has 2 saturated heterocycles. The fraction of sp³-hybridized carbons (Fsp3) is 0.478. The molecule has 2 aromatic carbocycles. The molecule has 0 saturated carbocycles. The molecule has 0 radical (unpaired) electrons. The maximum Gasteiger partial charge on any atom is 0.573 e. The van der Waals surface area contributed by atoms with Crippen molar-refractivity contribution in [3.05, 3.63) is 59.7 Å². The molecule has 0 N–H and O–H groups in total. The average molecular weight is 474 g/mol. The number of hydrogen-bond donors (Lipinski definition) is 0. The zero-order valence-corrected chi connectivity index (χ0v) is 17.7. The predicted octanol–water partition coefficient (Wildman–Crippen LogP) is 5.90. The molecule has 0 spiro atoms. The molecule has 180 valence electrons. The summed E-state index contributed by atoms with van der Waals surface area (Å²) in [6.07, 6.45) is -6.56. The summed E-state index contributed by atoms with van der Waals surface area (Å²) >= 11 is 0. The van der Waals surface area contributed by atoms with Crippen molar-refractivity contribution in [1.29, 1.82) is 0 Å². The quantitative estimate of drug-likeness (QED) is 0.467. The smallest absolute Gasteiger partial charge is 0.406 e. The molecule has 2 aliphatic heterocycles. The molecular formula is C23H24F6N2O2. The Balaban J connectivity index is 1.53. The van der Waals surface area contributed by atoms with Crippen LogP contribution in [0.3, 0.4) is 0 Å². The molecule has 0 amide bonds. The molecule has 0 bridgehead atoms. The van der Waals surface area contributed by atoms with Crippen LogP contribution in [0.2, 0.25) is 0 Å². The summed E-state index contributed by atoms with van der Waals surface area (Å²) in [5.41, 5.74) is 1.19. The van der Waals surface area contributed by atoms with Gasteiger partial charge in [0.1, 0.15) is 11.5 Å². The van der Waals surface area contributed by atoms with E-state index in [4.69, 9.17) is 0 Å². The van der Waals surface area contributed by atoms with Crippen LogP contribution in [0.25, 0.3) is 0 Å². The van der Waals surface area contributed by atoms with E-state index in [1.807, 2.05) is 0 Å². The van der Waals surface area contributed by atoms with E-state index in [9.17, 15) is 26.3 Å². The lowest BCUT2D eigenvalue weighted by Crippen LogP contribution is -2.54. The van der Waals surface area contributed by atoms with Gasteiger partial charge in [0.05, 0.1) is 0 Å². The normalized spacial score (nSPS) is 22.2. The van der Waals surface area contributed by atoms with Crippen LogP contribution in [0.15, 0.2) is 48.5 Å². The van der Waals surface area contributed by atoms with Crippen LogP contribution in [0, 0.1) is 0 Å². The number of alkyl halides is 6. The van der Waals surface area contributed by atoms with Crippen molar-refractivity contribution in [3.8, 4) is 11.5 Å². The Hall–Kier alpha value is -2.46. The highest BCUT2D eigenvalue weighted by molar-refractivity contribution is 5.35. The van der Waals surface area contributed by atoms with E-state index in [0.717, 1.165) is 44.5 Å². The number of rotatable bonds is 7. The van der Waals surface area contributed by atoms with Crippen LogP contribution in [0.4, 0.5) is 26.3 Å². The summed E-state index contributed by atoms with van der Waals surface area (Å²) in [6, 6.07) is 11.7. The van der Waals surface area contributed by atoms with Gasteiger partial charge < -0.3 is 14.4 Å². The van der Waals surface area contributed by atoms with Gasteiger partial charge in [0.15, 0.2) is 0 Å². The van der Waals surface area contributed by atoms with Crippen molar-refractivity contribution in [2.45, 2.75) is 50.6 Å². The lowest BCUT2D eigenvalue weighted by molar-refractivity contribution is -0.275. The number of halogens is 6. The van der Waals surface area contributed by atoms with E-state index >= 15 is 0 Å². The van der Waals surface area contributed by atoms with Crippen molar-refractivity contribution in [2.24, 2.45) is 0 Å². The van der Waals surface area contributed by atoms with E-state index in [0.29, 0.717) is 5.56 Å². The third kappa shape index (κ3) is 6.32. The van der Waals surface area contributed by atoms with E-state index < -0.39 is 12.7 Å². The molecule has 10 heteroatoms. The van der Waals surface area contributed by atoms with Crippen molar-refractivity contribution in [3.63, 3.8) is 0 Å². The van der Waals surface area contributed by atoms with E-state index in [2.05, 4.69) is 19.3 Å². The van der Waals surface area contributed by atoms with Gasteiger partial charge in [-0.15, -0.1) is 26.3 Å². The van der Waals surface area contributed by atoms with Crippen LogP contribution < -0.4 is 9.47 Å². The van der Waals surface area contributed by atoms with Gasteiger partial charge in [-0.3, -0.25) is 4.90 Å². The van der Waals surface area contributed by atoms with Crippen LogP contribution >= 0.6 is 0 Å². The molecule has 2 aliphatic rings. The number of ether oxygens (including phenoxy) is 2. The first kappa shape index (κ1) is 23.7. The number of hydrogen-bond acceptors (Lipinski definition) is 4. The van der Waals surface area contributed by atoms with Crippen molar-refractivity contribution in [2.75, 3.05) is 19.6 Å². The van der Waals surface area contributed by atoms with Gasteiger partial charge in [-0.05, 0) is 56.1 Å². The Morgan fingerprint density at radius 2 is 1.45 bits per heavy atom. The Kier molecular flexibility index (Phi) is 6.76. The molecule has 2 unspecified atom stereocenters. The zero-order chi connectivity index (χ0) is 23.6. The molecule has 0 aromatic heterocycles. The Morgan fingerprint density at radius 1 is 0.818 bits per heavy atom. The zero-order valence-electron chi connectivity index (χ0n) is 17.7. The van der Waals surface area contributed by atoms with Crippen LogP contribution in [0.1, 0.15) is 36.4 Å². The number of likely N-dealkylation sites (tertiary alicyclic amines) is 2. The van der Waals surface area contributed by atoms with Gasteiger partial charge in [-0.2, -0.15) is 0 Å². The highest BCUT2D eigenvalue weighted by atomic mass is 19.4. The summed E-state index contributed by atoms with van der Waals surface area (Å²) in [6.45, 7) is 3.02. The third-order valence-electron chi connectivity index (χ3n) is 6.08. The number of para-hydroxylation sites is 1. The lowest BCUT2D eigenvalue weighted by Gasteiger charge is -2.50. The van der Waals surface area contributed by atoms with E-state index in [-0.39, 0.29) is 30.1 Å². The van der Waals surface area contributed by atoms with Crippen molar-refractivity contribution in [1.82, 2.24) is 9.80 Å². The highest BCUT2D eigenvalue weighted by Gasteiger charge is 2.41. The Morgan fingerprint density at radius 3 is 2.09 bits per heavy atom. The first-order valence-corrected chi connectivity index (χ1v) is 10.7. The summed E-state index contributed by atoms with van der Waals surface area (Å²) in [4.78, 5) is 4.43. The van der Waals surface area contributed by atoms with Crippen molar-refractivity contribution < 1.29 is 35.8 Å². The first-order chi connectivity index (χ1) is 15.6. The van der Waals surface area contributed by atoms with E-state index in [1.54, 1.807) is 24.3 Å². The van der Waals surface area contributed by atoms with Gasteiger partial charge in [0, 0.05) is 30.7 Å². The third-order valence-corrected chi connectivity index (χ3v) is 6.08. The van der Waals surface area contributed by atoms with E-state index in [1.165, 1.54) is 24.3 Å². The predicted molar refractivity (Wildman–Crippen MR) is 109 cm³/mol. The minimum absolute atomic E-state index is 0.123. The molecule has 33 heavy (non-hydrogen) atoms. The molecule has 4 rings (SSSR count). The molecule has 0 aliphatic carbocycles. The fourth-order valence-corrected chi connectivity index (χ4v) is 4.60. The van der Waals surface area contributed by atoms with Gasteiger partial charge in [0.2, 0.25) is 0 Å². The number of nitrogens with zero attached hydrogens (tertiary/aromatic N) is 2. The van der Waals surface area contributed by atoms with Gasteiger partial charge in [0.25, 0.3) is 0 Å². The highest BCUT2D eigenvalue weighted by Crippen LogP contribution is 2.42. The van der Waals surface area contributed by atoms with Gasteiger partial charge in [-0.1, -0.05) is 30.3 Å². The van der Waals surface area contributed by atoms with Crippen LogP contribution in [-0.4, -0.2) is 48.2 Å². The Labute approximate surface area is 187 Å². The minimum Gasteiger partial charge on any atom is -0.406 e. The first-order valence-electron chi connectivity index (χ1n) is 10.7. The Bertz CT molecular complexity index is 926. The van der Waals surface area contributed by atoms with Crippen LogP contribution in [-0.2, 0) is 6.54 Å². The monoisotopic (exact) mass is 474 g/mol. The second-order valence-corrected chi connectivity index (χ2v) is 8.36. The van der Waals surface area contributed by atoms with Crippen molar-refractivity contribution >= 4 is 0 Å². The van der Waals surface area contributed by atoms with Gasteiger partial charge in [-0.25, -0.2) is 0 Å². The fourth-order valence-electron chi connectivity index (χ4n) is 4.60. The van der Waals surface area contributed by atoms with Crippen LogP contribution in [0.5, 0.6) is 11.5 Å². The molecular weight excluding hydrogens is 450 g/mol. The molecule has 2 atom stereocenters. The standard InChI is InChI=1S/C23H24F6N2O2/c24-22(25,26)32-19-9-7-16(8-10-19)20-13-18(15-30-11-3-4-12-30)31(20)14-17-5-1-2-6-21(17)33-23(27,28)29/h1-2,5-10,18,20H,3-4,11-15H2. The average Bonchev–Trinajstić information content (AvgIpc) is 3.22. The topological polar surface area (TPSA) is 24.9 Å². The summed E-state index contributed by atoms with van der Waals surface area (Å²) < 4.78 is 84.1. The summed E-state index contributed by atoms with van der Waals surface area (Å²) in [7, 11) is 0. The molecule has 4 nitrogen and oxygen atoms in total. The largest absolute Gasteiger partial charge is 0.573 e. The molecule has 2 heterocycles. The second kappa shape index (κ2) is 9.42. The maximum atomic E-state index is 12.9. The SMILES string of the molecule is FC(F)(F)Oc1ccc(C2CC(CN3CCCC3)N2Cc2ccccc2OC(F)(F)F)cc1. The minimum atomic E-state index is -4.80. The lowest BCUT2D eigenvalue weighted by atomic mass is 9.86. The molecule has 2 aromatic rings. The van der Waals surface area contributed by atoms with Gasteiger partial charge >= 0.3 is 12.7 Å².